The van der Waals surface area contributed by atoms with Crippen LogP contribution in [0.25, 0.3) is 11.1 Å². The molecular weight excluding hydrogens is 399 g/mol. The van der Waals surface area contributed by atoms with E-state index in [1.165, 1.54) is 0 Å². The molecule has 0 unspecified atom stereocenters. The Kier molecular flexibility index (Phi) is 4.94. The summed E-state index contributed by atoms with van der Waals surface area (Å²) in [7, 11) is 0. The van der Waals surface area contributed by atoms with Crippen molar-refractivity contribution in [2.45, 2.75) is 26.6 Å². The lowest BCUT2D eigenvalue weighted by molar-refractivity contribution is -0.141. The number of halogens is 3. The van der Waals surface area contributed by atoms with Crippen LogP contribution in [0.15, 0.2) is 47.4 Å². The van der Waals surface area contributed by atoms with E-state index in [0.717, 1.165) is 29.0 Å². The Morgan fingerprint density at radius 1 is 1.10 bits per heavy atom. The maximum absolute atomic E-state index is 12.9. The Bertz CT molecular complexity index is 1180. The lowest BCUT2D eigenvalue weighted by Gasteiger charge is -2.10. The Morgan fingerprint density at radius 3 is 2.67 bits per heavy atom. The molecule has 154 valence electrons. The molecule has 8 nitrogen and oxygen atoms in total. The molecule has 0 amide bonds. The molecule has 0 aliphatic carbocycles. The summed E-state index contributed by atoms with van der Waals surface area (Å²) in [6.45, 7) is 3.95. The van der Waals surface area contributed by atoms with E-state index in [1.54, 1.807) is 29.9 Å². The summed E-state index contributed by atoms with van der Waals surface area (Å²) in [6, 6.07) is 6.35. The van der Waals surface area contributed by atoms with Crippen LogP contribution in [0.5, 0.6) is 0 Å². The molecule has 0 radical (unpaired) electrons. The van der Waals surface area contributed by atoms with Crippen molar-refractivity contribution in [3.8, 4) is 11.1 Å². The van der Waals surface area contributed by atoms with E-state index < -0.39 is 11.9 Å². The quantitative estimate of drug-likeness (QED) is 0.523. The number of nitrogens with one attached hydrogen (secondary N) is 1. The highest BCUT2D eigenvalue weighted by Crippen LogP contribution is 2.29. The Hall–Kier alpha value is -3.76. The molecule has 4 aromatic rings. The van der Waals surface area contributed by atoms with Gasteiger partial charge in [0.05, 0.1) is 6.20 Å². The molecule has 30 heavy (non-hydrogen) atoms. The molecule has 1 aromatic carbocycles. The average Bonchev–Trinajstić information content (AvgIpc) is 3.30. The highest BCUT2D eigenvalue weighted by Gasteiger charge is 2.32. The highest BCUT2D eigenvalue weighted by atomic mass is 19.4. The fraction of sp³-hybridized carbons (Fsp3) is 0.211. The van der Waals surface area contributed by atoms with Crippen molar-refractivity contribution >= 4 is 11.6 Å². The smallest absolute Gasteiger partial charge is 0.340 e. The van der Waals surface area contributed by atoms with Crippen LogP contribution < -0.4 is 5.32 Å². The molecule has 0 atom stereocenters. The van der Waals surface area contributed by atoms with Gasteiger partial charge in [0.15, 0.2) is 5.82 Å². The van der Waals surface area contributed by atoms with Gasteiger partial charge in [-0.3, -0.25) is 4.68 Å². The normalized spacial score (nSPS) is 11.6. The Labute approximate surface area is 168 Å². The van der Waals surface area contributed by atoms with Gasteiger partial charge in [-0.25, -0.2) is 9.97 Å². The van der Waals surface area contributed by atoms with Gasteiger partial charge in [-0.15, -0.1) is 0 Å². The van der Waals surface area contributed by atoms with Crippen LogP contribution >= 0.6 is 0 Å². The first kappa shape index (κ1) is 19.6. The van der Waals surface area contributed by atoms with E-state index in [2.05, 4.69) is 30.5 Å². The van der Waals surface area contributed by atoms with E-state index in [9.17, 15) is 13.2 Å². The molecular formula is C19H16F3N7O. The molecule has 0 spiro atoms. The third-order valence-electron chi connectivity index (χ3n) is 4.12. The fourth-order valence-electron chi connectivity index (χ4n) is 2.88. The number of aromatic nitrogens is 6. The van der Waals surface area contributed by atoms with Gasteiger partial charge in [0, 0.05) is 30.6 Å². The van der Waals surface area contributed by atoms with Gasteiger partial charge in [0.2, 0.25) is 11.8 Å². The van der Waals surface area contributed by atoms with Gasteiger partial charge in [-0.2, -0.15) is 23.3 Å². The minimum atomic E-state index is -4.54. The van der Waals surface area contributed by atoms with Crippen molar-refractivity contribution in [2.24, 2.45) is 0 Å². The standard InChI is InChI=1S/C19H16F3N7O/c1-11-5-13(14-8-24-29(9-14)10-17-25-12(2)30-28-17)7-15(6-11)26-18-23-4-3-16(27-18)19(20,21)22/h3-9H,10H2,1-2H3,(H,23,26,27). The van der Waals surface area contributed by atoms with Gasteiger partial charge in [-0.1, -0.05) is 11.2 Å². The first-order valence-electron chi connectivity index (χ1n) is 8.87. The number of nitrogens with zero attached hydrogens (tertiary/aromatic N) is 6. The number of hydrogen-bond acceptors (Lipinski definition) is 7. The summed E-state index contributed by atoms with van der Waals surface area (Å²) in [6.07, 6.45) is 0.0405. The number of rotatable bonds is 5. The first-order valence-corrected chi connectivity index (χ1v) is 8.87. The van der Waals surface area contributed by atoms with Gasteiger partial charge in [0.25, 0.3) is 0 Å². The lowest BCUT2D eigenvalue weighted by atomic mass is 10.1. The zero-order chi connectivity index (χ0) is 21.3. The zero-order valence-electron chi connectivity index (χ0n) is 16.0. The summed E-state index contributed by atoms with van der Waals surface area (Å²) in [4.78, 5) is 11.6. The number of aryl methyl sites for hydroxylation is 2. The molecule has 0 bridgehead atoms. The highest BCUT2D eigenvalue weighted by molar-refractivity contribution is 5.70. The summed E-state index contributed by atoms with van der Waals surface area (Å²) in [5.74, 6) is 0.851. The molecule has 0 saturated carbocycles. The summed E-state index contributed by atoms with van der Waals surface area (Å²) < 4.78 is 45.2. The van der Waals surface area contributed by atoms with Crippen LogP contribution in [0.1, 0.15) is 23.0 Å². The number of anilines is 2. The minimum absolute atomic E-state index is 0.135. The molecule has 4 rings (SSSR count). The molecule has 11 heteroatoms. The Morgan fingerprint density at radius 2 is 1.93 bits per heavy atom. The topological polar surface area (TPSA) is 94.6 Å². The van der Waals surface area contributed by atoms with Gasteiger partial charge in [0.1, 0.15) is 12.2 Å². The first-order chi connectivity index (χ1) is 14.3. The van der Waals surface area contributed by atoms with Crippen LogP contribution in [0.3, 0.4) is 0 Å². The van der Waals surface area contributed by atoms with Gasteiger partial charge < -0.3 is 9.84 Å². The van der Waals surface area contributed by atoms with Gasteiger partial charge in [-0.05, 0) is 36.2 Å². The average molecular weight is 415 g/mol. The van der Waals surface area contributed by atoms with E-state index in [1.807, 2.05) is 19.2 Å². The number of benzene rings is 1. The van der Waals surface area contributed by atoms with Crippen LogP contribution in [-0.4, -0.2) is 29.9 Å². The number of alkyl halides is 3. The van der Waals surface area contributed by atoms with Crippen LogP contribution in [0.4, 0.5) is 24.8 Å². The third kappa shape index (κ3) is 4.45. The van der Waals surface area contributed by atoms with Crippen LogP contribution in [-0.2, 0) is 12.7 Å². The summed E-state index contributed by atoms with van der Waals surface area (Å²) in [5, 5.41) is 11.0. The van der Waals surface area contributed by atoms with Crippen molar-refractivity contribution in [3.63, 3.8) is 0 Å². The molecule has 3 aromatic heterocycles. The van der Waals surface area contributed by atoms with E-state index in [-0.39, 0.29) is 5.95 Å². The van der Waals surface area contributed by atoms with Crippen molar-refractivity contribution in [3.05, 3.63) is 65.8 Å². The summed E-state index contributed by atoms with van der Waals surface area (Å²) >= 11 is 0. The maximum Gasteiger partial charge on any atom is 0.433 e. The zero-order valence-corrected chi connectivity index (χ0v) is 16.0. The minimum Gasteiger partial charge on any atom is -0.340 e. The fourth-order valence-corrected chi connectivity index (χ4v) is 2.88. The van der Waals surface area contributed by atoms with Crippen molar-refractivity contribution in [1.82, 2.24) is 29.9 Å². The maximum atomic E-state index is 12.9. The Balaban J connectivity index is 1.57. The number of hydrogen-bond donors (Lipinski definition) is 1. The van der Waals surface area contributed by atoms with Crippen LogP contribution in [0, 0.1) is 13.8 Å². The van der Waals surface area contributed by atoms with E-state index in [0.29, 0.717) is 23.9 Å². The lowest BCUT2D eigenvalue weighted by Crippen LogP contribution is -2.10. The van der Waals surface area contributed by atoms with Crippen molar-refractivity contribution in [2.75, 3.05) is 5.32 Å². The molecule has 0 fully saturated rings. The van der Waals surface area contributed by atoms with Crippen LogP contribution in [0.2, 0.25) is 0 Å². The van der Waals surface area contributed by atoms with E-state index in [4.69, 9.17) is 4.52 Å². The third-order valence-corrected chi connectivity index (χ3v) is 4.12. The molecule has 3 heterocycles. The van der Waals surface area contributed by atoms with E-state index >= 15 is 0 Å². The second-order valence-electron chi connectivity index (χ2n) is 6.63. The molecule has 0 saturated heterocycles. The monoisotopic (exact) mass is 415 g/mol. The predicted octanol–water partition coefficient (Wildman–Crippen LogP) is 4.15. The summed E-state index contributed by atoms with van der Waals surface area (Å²) in [5.41, 5.74) is 2.12. The second kappa shape index (κ2) is 7.58. The van der Waals surface area contributed by atoms with Crippen molar-refractivity contribution < 1.29 is 17.7 Å². The predicted molar refractivity (Wildman–Crippen MR) is 101 cm³/mol. The largest absolute Gasteiger partial charge is 0.433 e. The van der Waals surface area contributed by atoms with Gasteiger partial charge >= 0.3 is 6.18 Å². The second-order valence-corrected chi connectivity index (χ2v) is 6.63. The SMILES string of the molecule is Cc1cc(Nc2nccc(C(F)(F)F)n2)cc(-c2cnn(Cc3noc(C)n3)c2)c1. The van der Waals surface area contributed by atoms with Crippen molar-refractivity contribution in [1.29, 1.82) is 0 Å². The molecule has 0 aliphatic rings. The molecule has 0 aliphatic heterocycles. The molecule has 1 N–H and O–H groups in total.